The van der Waals surface area contributed by atoms with Crippen LogP contribution in [0.2, 0.25) is 0 Å². The minimum Gasteiger partial charge on any atom is -0.495 e. The summed E-state index contributed by atoms with van der Waals surface area (Å²) in [4.78, 5) is 14.5. The number of nitrogens with zero attached hydrogens (tertiary/aromatic N) is 2. The largest absolute Gasteiger partial charge is 0.495 e. The van der Waals surface area contributed by atoms with Crippen molar-refractivity contribution in [3.63, 3.8) is 0 Å². The molecule has 0 saturated carbocycles. The van der Waals surface area contributed by atoms with Gasteiger partial charge in [-0.25, -0.2) is 8.42 Å². The van der Waals surface area contributed by atoms with Crippen LogP contribution in [0.4, 0.5) is 0 Å². The number of hydrogen-bond donors (Lipinski definition) is 0. The van der Waals surface area contributed by atoms with Gasteiger partial charge in [0.15, 0.2) is 0 Å². The van der Waals surface area contributed by atoms with Gasteiger partial charge in [-0.15, -0.1) is 0 Å². The molecular weight excluding hydrogens is 388 g/mol. The summed E-state index contributed by atoms with van der Waals surface area (Å²) < 4.78 is 33.2. The lowest BCUT2D eigenvalue weighted by molar-refractivity contribution is -0.131. The average Bonchev–Trinajstić information content (AvgIpc) is 2.67. The molecule has 0 heterocycles. The van der Waals surface area contributed by atoms with E-state index in [9.17, 15) is 13.2 Å². The van der Waals surface area contributed by atoms with E-state index in [-0.39, 0.29) is 28.8 Å². The summed E-state index contributed by atoms with van der Waals surface area (Å²) in [5.41, 5.74) is 1.19. The average molecular weight is 425 g/mol. The van der Waals surface area contributed by atoms with Crippen molar-refractivity contribution in [1.29, 1.82) is 0 Å². The zero-order valence-electron chi connectivity index (χ0n) is 18.7. The van der Waals surface area contributed by atoms with Gasteiger partial charge in [-0.3, -0.25) is 9.10 Å². The zero-order valence-corrected chi connectivity index (χ0v) is 19.5. The van der Waals surface area contributed by atoms with E-state index in [4.69, 9.17) is 4.74 Å². The smallest absolute Gasteiger partial charge is 0.264 e. The molecule has 0 unspecified atom stereocenters. The van der Waals surface area contributed by atoms with Crippen LogP contribution in [0.5, 0.6) is 0 Å². The normalized spacial score (nSPS) is 12.2. The summed E-state index contributed by atoms with van der Waals surface area (Å²) in [5, 5.41) is 0. The molecule has 7 heteroatoms. The van der Waals surface area contributed by atoms with E-state index >= 15 is 0 Å². The third-order valence-electron chi connectivity index (χ3n) is 4.08. The maximum absolute atomic E-state index is 13.5. The van der Waals surface area contributed by atoms with E-state index in [0.29, 0.717) is 19.5 Å². The van der Waals surface area contributed by atoms with Crippen molar-refractivity contribution in [1.82, 2.24) is 9.21 Å². The highest BCUT2D eigenvalue weighted by molar-refractivity contribution is 7.93. The molecule has 0 radical (unpaired) electrons. The lowest BCUT2D eigenvalue weighted by atomic mass is 10.3. The van der Waals surface area contributed by atoms with Crippen molar-refractivity contribution in [3.8, 4) is 0 Å². The van der Waals surface area contributed by atoms with Crippen LogP contribution in [-0.4, -0.2) is 50.3 Å². The Balaban J connectivity index is 6.48. The van der Waals surface area contributed by atoms with Gasteiger partial charge in [0.25, 0.3) is 10.0 Å². The molecule has 0 atom stereocenters. The van der Waals surface area contributed by atoms with Crippen LogP contribution in [0, 0.1) is 0 Å². The topological polar surface area (TPSA) is 66.9 Å². The number of ether oxygens (including phenoxy) is 1. The molecule has 0 bridgehead atoms. The molecule has 6 nitrogen and oxygen atoms in total. The summed E-state index contributed by atoms with van der Waals surface area (Å²) in [7, 11) is -2.64. The lowest BCUT2D eigenvalue weighted by Gasteiger charge is -2.30. The summed E-state index contributed by atoms with van der Waals surface area (Å²) in [6, 6.07) is 0. The van der Waals surface area contributed by atoms with Gasteiger partial charge in [0, 0.05) is 13.1 Å². The van der Waals surface area contributed by atoms with Crippen molar-refractivity contribution in [2.24, 2.45) is 0 Å². The molecule has 0 saturated heterocycles. The molecule has 0 aromatic heterocycles. The SMILES string of the molecule is C=C/C(=C\C=C(C)C)S(=O)(=O)N(CC(=O)N(CC)CCC)/C(=C/CC)C(=C)OC. The second-order valence-electron chi connectivity index (χ2n) is 6.63. The predicted octanol–water partition coefficient (Wildman–Crippen LogP) is 4.37. The molecule has 0 aromatic rings. The molecule has 0 aliphatic carbocycles. The molecule has 0 rings (SSSR count). The number of allylic oxidation sites excluding steroid dienone is 5. The van der Waals surface area contributed by atoms with E-state index in [1.54, 1.807) is 17.1 Å². The summed E-state index contributed by atoms with van der Waals surface area (Å²) in [5.74, 6) is -0.109. The van der Waals surface area contributed by atoms with E-state index in [2.05, 4.69) is 13.2 Å². The van der Waals surface area contributed by atoms with Crippen molar-refractivity contribution in [3.05, 3.63) is 59.4 Å². The monoisotopic (exact) mass is 424 g/mol. The Labute approximate surface area is 177 Å². The first-order chi connectivity index (χ1) is 13.6. The van der Waals surface area contributed by atoms with Crippen LogP contribution in [-0.2, 0) is 19.6 Å². The minimum atomic E-state index is -4.06. The second kappa shape index (κ2) is 13.0. The second-order valence-corrected chi connectivity index (χ2v) is 8.49. The van der Waals surface area contributed by atoms with E-state index in [0.717, 1.165) is 16.3 Å². The Kier molecular flexibility index (Phi) is 12.0. The third kappa shape index (κ3) is 7.93. The van der Waals surface area contributed by atoms with Crippen molar-refractivity contribution in [2.45, 2.75) is 47.5 Å². The van der Waals surface area contributed by atoms with Crippen molar-refractivity contribution >= 4 is 15.9 Å². The van der Waals surface area contributed by atoms with E-state index in [1.807, 2.05) is 34.6 Å². The first-order valence-electron chi connectivity index (χ1n) is 9.82. The van der Waals surface area contributed by atoms with Crippen LogP contribution in [0.25, 0.3) is 0 Å². The van der Waals surface area contributed by atoms with Crippen molar-refractivity contribution in [2.75, 3.05) is 26.7 Å². The standard InChI is InChI=1S/C22H36N2O4S/c1-9-13-21(19(7)28-8)24(17-22(25)23(12-4)16-10-2)29(26,27)20(11-3)15-14-18(5)6/h11,13-15H,3,7,9-10,12,16-17H2,1-2,4-6,8H3/b20-15+,21-13+. The molecule has 0 aromatic carbocycles. The molecule has 0 spiro atoms. The number of rotatable bonds is 13. The number of methoxy groups -OCH3 is 1. The van der Waals surface area contributed by atoms with Gasteiger partial charge in [-0.1, -0.05) is 44.7 Å². The Hall–Kier alpha value is -2.28. The van der Waals surface area contributed by atoms with E-state index < -0.39 is 10.0 Å². The quantitative estimate of drug-likeness (QED) is 0.325. The number of hydrogen-bond acceptors (Lipinski definition) is 4. The molecule has 1 amide bonds. The Morgan fingerprint density at radius 2 is 1.76 bits per heavy atom. The van der Waals surface area contributed by atoms with Gasteiger partial charge >= 0.3 is 0 Å². The van der Waals surface area contributed by atoms with Gasteiger partial charge < -0.3 is 9.64 Å². The van der Waals surface area contributed by atoms with E-state index in [1.165, 1.54) is 19.3 Å². The maximum Gasteiger partial charge on any atom is 0.264 e. The Morgan fingerprint density at radius 3 is 2.17 bits per heavy atom. The van der Waals surface area contributed by atoms with Crippen molar-refractivity contribution < 1.29 is 17.9 Å². The molecule has 29 heavy (non-hydrogen) atoms. The first kappa shape index (κ1) is 26.7. The fourth-order valence-electron chi connectivity index (χ4n) is 2.54. The number of carbonyl (C=O) groups is 1. The molecule has 164 valence electrons. The van der Waals surface area contributed by atoms with Crippen LogP contribution in [0.1, 0.15) is 47.5 Å². The number of carbonyl (C=O) groups excluding carboxylic acids is 1. The van der Waals surface area contributed by atoms with Crippen LogP contribution < -0.4 is 0 Å². The third-order valence-corrected chi connectivity index (χ3v) is 5.88. The summed E-state index contributed by atoms with van der Waals surface area (Å²) >= 11 is 0. The number of amides is 1. The zero-order chi connectivity index (χ0) is 22.6. The lowest BCUT2D eigenvalue weighted by Crippen LogP contribution is -2.43. The van der Waals surface area contributed by atoms with Crippen LogP contribution in [0.3, 0.4) is 0 Å². The highest BCUT2D eigenvalue weighted by Gasteiger charge is 2.31. The molecule has 0 N–H and O–H groups in total. The molecule has 0 aliphatic rings. The van der Waals surface area contributed by atoms with Gasteiger partial charge in [-0.2, -0.15) is 0 Å². The van der Waals surface area contributed by atoms with Crippen LogP contribution in [0.15, 0.2) is 59.4 Å². The predicted molar refractivity (Wildman–Crippen MR) is 120 cm³/mol. The first-order valence-corrected chi connectivity index (χ1v) is 11.3. The maximum atomic E-state index is 13.5. The summed E-state index contributed by atoms with van der Waals surface area (Å²) in [6.07, 6.45) is 7.47. The molecular formula is C22H36N2O4S. The molecule has 0 aliphatic heterocycles. The minimum absolute atomic E-state index is 0.00375. The molecule has 0 fully saturated rings. The van der Waals surface area contributed by atoms with Gasteiger partial charge in [-0.05, 0) is 45.8 Å². The Morgan fingerprint density at radius 1 is 1.14 bits per heavy atom. The fourth-order valence-corrected chi connectivity index (χ4v) is 3.96. The highest BCUT2D eigenvalue weighted by atomic mass is 32.2. The van der Waals surface area contributed by atoms with Crippen LogP contribution >= 0.6 is 0 Å². The highest BCUT2D eigenvalue weighted by Crippen LogP contribution is 2.25. The number of likely N-dealkylation sites (N-methyl/N-ethyl adjacent to an activating group) is 1. The summed E-state index contributed by atoms with van der Waals surface area (Å²) in [6.45, 7) is 17.6. The fraction of sp³-hybridized carbons (Fsp3) is 0.500. The van der Waals surface area contributed by atoms with Gasteiger partial charge in [0.2, 0.25) is 5.91 Å². The number of sulfonamides is 1. The van der Waals surface area contributed by atoms with Gasteiger partial charge in [0.1, 0.15) is 12.3 Å². The Bertz CT molecular complexity index is 773. The van der Waals surface area contributed by atoms with Gasteiger partial charge in [0.05, 0.1) is 17.7 Å².